The molecule has 4 aliphatic heterocycles. The van der Waals surface area contributed by atoms with Gasteiger partial charge in [0.25, 0.3) is 0 Å². The molecule has 0 aromatic heterocycles. The summed E-state index contributed by atoms with van der Waals surface area (Å²) in [5, 5.41) is 5.68. The van der Waals surface area contributed by atoms with Gasteiger partial charge in [0.15, 0.2) is 34.5 Å². The first-order valence-corrected chi connectivity index (χ1v) is 17.3. The molecule has 2 atom stereocenters. The number of hydrogen-bond donors (Lipinski definition) is 2. The lowest BCUT2D eigenvalue weighted by atomic mass is 9.86. The van der Waals surface area contributed by atoms with Crippen LogP contribution in [0.5, 0.6) is 46.0 Å². The predicted molar refractivity (Wildman–Crippen MR) is 196 cm³/mol. The van der Waals surface area contributed by atoms with Gasteiger partial charge < -0.3 is 39.1 Å². The van der Waals surface area contributed by atoms with E-state index in [-0.39, 0.29) is 18.1 Å². The highest BCUT2D eigenvalue weighted by molar-refractivity contribution is 5.90. The number of anilines is 1. The van der Waals surface area contributed by atoms with Crippen LogP contribution in [0.4, 0.5) is 10.5 Å². The number of hydrogen-bond acceptors (Lipinski definition) is 9. The van der Waals surface area contributed by atoms with E-state index in [4.69, 9.17) is 28.4 Å². The summed E-state index contributed by atoms with van der Waals surface area (Å²) in [4.78, 5) is 17.4. The Hall–Kier alpha value is -5.13. The van der Waals surface area contributed by atoms with Crippen LogP contribution >= 0.6 is 0 Å². The second kappa shape index (κ2) is 14.2. The van der Waals surface area contributed by atoms with Crippen LogP contribution in [0, 0.1) is 0 Å². The minimum atomic E-state index is -0.340. The van der Waals surface area contributed by atoms with Crippen molar-refractivity contribution in [3.63, 3.8) is 0 Å². The van der Waals surface area contributed by atoms with E-state index in [1.165, 1.54) is 16.7 Å². The molecule has 0 unspecified atom stereocenters. The maximum Gasteiger partial charge on any atom is 0.318 e. The molecular formula is C40H46N4O7. The molecule has 0 saturated heterocycles. The van der Waals surface area contributed by atoms with Crippen molar-refractivity contribution < 1.29 is 33.2 Å². The normalized spacial score (nSPS) is 18.3. The molecule has 0 spiro atoms. The minimum Gasteiger partial charge on any atom is -0.493 e. The number of carbonyl (C=O) groups excluding carboxylic acids is 1. The molecule has 6 bridgehead atoms. The third-order valence-electron chi connectivity index (χ3n) is 10.5. The monoisotopic (exact) mass is 694 g/mol. The van der Waals surface area contributed by atoms with Gasteiger partial charge in [-0.1, -0.05) is 12.1 Å². The molecule has 2 amide bonds. The number of likely N-dealkylation sites (N-methyl/N-ethyl adjacent to an activating group) is 2. The molecule has 0 saturated carbocycles. The van der Waals surface area contributed by atoms with Crippen LogP contribution in [0.3, 0.4) is 0 Å². The van der Waals surface area contributed by atoms with E-state index in [2.05, 4.69) is 64.9 Å². The predicted octanol–water partition coefficient (Wildman–Crippen LogP) is 6.91. The zero-order valence-electron chi connectivity index (χ0n) is 30.3. The number of amides is 2. The van der Waals surface area contributed by atoms with Crippen molar-refractivity contribution in [2.45, 2.75) is 37.8 Å². The van der Waals surface area contributed by atoms with Crippen LogP contribution in [-0.4, -0.2) is 78.5 Å². The summed E-state index contributed by atoms with van der Waals surface area (Å²) in [5.74, 6) is 4.66. The van der Waals surface area contributed by atoms with Crippen LogP contribution < -0.4 is 39.1 Å². The second-order valence-electron chi connectivity index (χ2n) is 13.3. The van der Waals surface area contributed by atoms with Gasteiger partial charge in [-0.2, -0.15) is 0 Å². The van der Waals surface area contributed by atoms with Gasteiger partial charge in [0.1, 0.15) is 5.75 Å². The van der Waals surface area contributed by atoms with Crippen LogP contribution in [0.15, 0.2) is 54.6 Å². The van der Waals surface area contributed by atoms with Gasteiger partial charge in [0.2, 0.25) is 5.75 Å². The first-order chi connectivity index (χ1) is 24.7. The van der Waals surface area contributed by atoms with Crippen molar-refractivity contribution in [2.24, 2.45) is 0 Å². The molecule has 2 N–H and O–H groups in total. The number of urea groups is 1. The fourth-order valence-corrected chi connectivity index (χ4v) is 7.64. The van der Waals surface area contributed by atoms with Gasteiger partial charge in [-0.25, -0.2) is 4.79 Å². The molecule has 268 valence electrons. The maximum atomic E-state index is 12.7. The quantitative estimate of drug-likeness (QED) is 0.231. The van der Waals surface area contributed by atoms with Gasteiger partial charge in [-0.15, -0.1) is 0 Å². The molecule has 8 rings (SSSR count). The Labute approximate surface area is 299 Å². The summed E-state index contributed by atoms with van der Waals surface area (Å²) in [6.45, 7) is 1.73. The first-order valence-electron chi connectivity index (χ1n) is 17.3. The summed E-state index contributed by atoms with van der Waals surface area (Å²) in [6.07, 6.45) is 2.99. The summed E-state index contributed by atoms with van der Waals surface area (Å²) >= 11 is 0. The lowest BCUT2D eigenvalue weighted by Crippen LogP contribution is -2.34. The average molecular weight is 695 g/mol. The number of nitrogens with one attached hydrogen (secondary N) is 2. The summed E-state index contributed by atoms with van der Waals surface area (Å²) in [5.41, 5.74) is 7.17. The van der Waals surface area contributed by atoms with Gasteiger partial charge in [0.05, 0.1) is 28.4 Å². The third kappa shape index (κ3) is 6.47. The Morgan fingerprint density at radius 2 is 1.37 bits per heavy atom. The number of ether oxygens (including phenoxy) is 6. The van der Waals surface area contributed by atoms with Crippen molar-refractivity contribution in [3.05, 3.63) is 88.0 Å². The zero-order valence-corrected chi connectivity index (χ0v) is 30.3. The van der Waals surface area contributed by atoms with E-state index in [1.54, 1.807) is 35.5 Å². The SMILES string of the molecule is CNC(=O)Nc1cc(OC)c2cc1C[C@H]1c3c(cc(OC)c(OC)c3Oc3cc4c(cc3OC)CCN(C)[C@H]4Cc3ccc(cc3)O2)CCN1C. The van der Waals surface area contributed by atoms with Crippen molar-refractivity contribution in [2.75, 3.05) is 68.0 Å². The topological polar surface area (TPSA) is 103 Å². The van der Waals surface area contributed by atoms with Gasteiger partial charge in [-0.05, 0) is 104 Å². The molecule has 11 nitrogen and oxygen atoms in total. The van der Waals surface area contributed by atoms with Crippen molar-refractivity contribution in [1.82, 2.24) is 15.1 Å². The Balaban J connectivity index is 1.49. The Kier molecular flexibility index (Phi) is 9.58. The van der Waals surface area contributed by atoms with Crippen LogP contribution in [-0.2, 0) is 25.7 Å². The molecule has 0 fully saturated rings. The van der Waals surface area contributed by atoms with Crippen LogP contribution in [0.25, 0.3) is 0 Å². The largest absolute Gasteiger partial charge is 0.493 e. The van der Waals surface area contributed by atoms with Crippen molar-refractivity contribution in [1.29, 1.82) is 0 Å². The first kappa shape index (κ1) is 34.3. The molecule has 4 aromatic rings. The summed E-state index contributed by atoms with van der Waals surface area (Å²) in [6, 6.07) is 17.9. The molecular weight excluding hydrogens is 648 g/mol. The third-order valence-corrected chi connectivity index (χ3v) is 10.5. The number of carbonyl (C=O) groups is 1. The Bertz CT molecular complexity index is 1950. The van der Waals surface area contributed by atoms with E-state index in [0.717, 1.165) is 49.0 Å². The second-order valence-corrected chi connectivity index (χ2v) is 13.3. The van der Waals surface area contributed by atoms with E-state index in [9.17, 15) is 4.79 Å². The number of rotatable bonds is 5. The van der Waals surface area contributed by atoms with E-state index < -0.39 is 0 Å². The van der Waals surface area contributed by atoms with E-state index in [0.29, 0.717) is 58.1 Å². The van der Waals surface area contributed by atoms with E-state index >= 15 is 0 Å². The molecule has 4 aromatic carbocycles. The van der Waals surface area contributed by atoms with Crippen molar-refractivity contribution in [3.8, 4) is 46.0 Å². The highest BCUT2D eigenvalue weighted by Crippen LogP contribution is 2.52. The fourth-order valence-electron chi connectivity index (χ4n) is 7.64. The molecule has 4 aliphatic rings. The summed E-state index contributed by atoms with van der Waals surface area (Å²) < 4.78 is 37.3. The highest BCUT2D eigenvalue weighted by Gasteiger charge is 2.35. The number of nitrogens with zero attached hydrogens (tertiary/aromatic N) is 2. The fraction of sp³-hybridized carbons (Fsp3) is 0.375. The smallest absolute Gasteiger partial charge is 0.318 e. The van der Waals surface area contributed by atoms with Crippen molar-refractivity contribution >= 4 is 11.7 Å². The van der Waals surface area contributed by atoms with Gasteiger partial charge in [-0.3, -0.25) is 9.80 Å². The average Bonchev–Trinajstić information content (AvgIpc) is 3.14. The minimum absolute atomic E-state index is 0.121. The Morgan fingerprint density at radius 1 is 0.725 bits per heavy atom. The molecule has 11 heteroatoms. The Morgan fingerprint density at radius 3 is 2.06 bits per heavy atom. The standard InChI is InChI=1S/C40H46N4O7/c1-41-40(45)42-29-22-33(47-5)34-20-26(29)17-31-37-25(13-15-44(31)3)19-36(48-6)38(49-7)39(37)51-35-21-28-24(18-32(35)46-4)12-14-43(2)30(28)16-23-8-10-27(50-34)11-9-23/h8-11,18-22,30-31H,12-17H2,1-7H3,(H2,41,42,45)/t30-,31-/m0/s1. The van der Waals surface area contributed by atoms with Crippen LogP contribution in [0.1, 0.15) is 45.5 Å². The highest BCUT2D eigenvalue weighted by atomic mass is 16.5. The van der Waals surface area contributed by atoms with Gasteiger partial charge in [0, 0.05) is 49.5 Å². The lowest BCUT2D eigenvalue weighted by molar-refractivity contribution is 0.220. The summed E-state index contributed by atoms with van der Waals surface area (Å²) in [7, 11) is 12.4. The van der Waals surface area contributed by atoms with E-state index in [1.807, 2.05) is 24.3 Å². The van der Waals surface area contributed by atoms with Gasteiger partial charge >= 0.3 is 6.03 Å². The lowest BCUT2D eigenvalue weighted by Gasteiger charge is -2.37. The molecule has 51 heavy (non-hydrogen) atoms. The number of fused-ring (bicyclic) bond motifs is 2. The number of methoxy groups -OCH3 is 4. The zero-order chi connectivity index (χ0) is 35.8. The molecule has 0 radical (unpaired) electrons. The molecule has 0 aliphatic carbocycles. The maximum absolute atomic E-state index is 12.7. The molecule has 4 heterocycles. The van der Waals surface area contributed by atoms with Crippen LogP contribution in [0.2, 0.25) is 0 Å². The number of benzene rings is 4.